The fourth-order valence-electron chi connectivity index (χ4n) is 4.66. The first kappa shape index (κ1) is 24.0. The second kappa shape index (κ2) is 10.9. The first-order chi connectivity index (χ1) is 16.5. The topological polar surface area (TPSA) is 79.9 Å². The van der Waals surface area contributed by atoms with Gasteiger partial charge in [0.05, 0.1) is 18.6 Å². The molecule has 0 atom stereocenters. The summed E-state index contributed by atoms with van der Waals surface area (Å²) in [4.78, 5) is 27.3. The largest absolute Gasteiger partial charge is 0.486 e. The Balaban J connectivity index is 1.34. The van der Waals surface area contributed by atoms with Gasteiger partial charge >= 0.3 is 0 Å². The molecule has 2 aromatic rings. The van der Waals surface area contributed by atoms with Crippen molar-refractivity contribution < 1.29 is 23.5 Å². The van der Waals surface area contributed by atoms with E-state index in [-0.39, 0.29) is 30.7 Å². The smallest absolute Gasteiger partial charge is 0.234 e. The molecule has 2 aliphatic rings. The predicted octanol–water partition coefficient (Wildman–Crippen LogP) is 3.12. The maximum Gasteiger partial charge on any atom is 0.234 e. The minimum atomic E-state index is -0.433. The van der Waals surface area contributed by atoms with Crippen LogP contribution in [-0.4, -0.2) is 49.6 Å². The fraction of sp³-hybridized carbons (Fsp3) is 0.462. The molecule has 182 valence electrons. The molecule has 0 saturated heterocycles. The highest BCUT2D eigenvalue weighted by Gasteiger charge is 2.38. The molecule has 0 aromatic heterocycles. The number of benzene rings is 2. The van der Waals surface area contributed by atoms with Crippen LogP contribution in [0, 0.1) is 5.82 Å². The lowest BCUT2D eigenvalue weighted by atomic mass is 9.87. The zero-order chi connectivity index (χ0) is 24.0. The Morgan fingerprint density at radius 2 is 1.65 bits per heavy atom. The molecule has 7 nitrogen and oxygen atoms in total. The van der Waals surface area contributed by atoms with Crippen molar-refractivity contribution in [2.45, 2.75) is 44.7 Å². The van der Waals surface area contributed by atoms with Crippen LogP contribution >= 0.6 is 0 Å². The molecule has 0 bridgehead atoms. The van der Waals surface area contributed by atoms with Crippen LogP contribution in [0.1, 0.15) is 43.7 Å². The van der Waals surface area contributed by atoms with Gasteiger partial charge in [-0.3, -0.25) is 14.5 Å². The summed E-state index contributed by atoms with van der Waals surface area (Å²) in [7, 11) is 0. The Kier molecular flexibility index (Phi) is 7.67. The molecule has 1 aliphatic carbocycles. The van der Waals surface area contributed by atoms with Crippen molar-refractivity contribution in [3.05, 3.63) is 59.4 Å². The van der Waals surface area contributed by atoms with Gasteiger partial charge in [0.25, 0.3) is 0 Å². The second-order valence-corrected chi connectivity index (χ2v) is 8.90. The number of rotatable bonds is 9. The van der Waals surface area contributed by atoms with E-state index in [1.54, 1.807) is 12.1 Å². The van der Waals surface area contributed by atoms with Crippen molar-refractivity contribution in [3.8, 4) is 11.5 Å². The molecule has 0 spiro atoms. The minimum Gasteiger partial charge on any atom is -0.486 e. The number of carbonyl (C=O) groups excluding carboxylic acids is 2. The van der Waals surface area contributed by atoms with Gasteiger partial charge in [-0.15, -0.1) is 0 Å². The molecule has 2 N–H and O–H groups in total. The van der Waals surface area contributed by atoms with E-state index in [2.05, 4.69) is 10.6 Å². The molecule has 1 aliphatic heterocycles. The molecule has 34 heavy (non-hydrogen) atoms. The van der Waals surface area contributed by atoms with E-state index in [9.17, 15) is 14.0 Å². The number of hydrogen-bond acceptors (Lipinski definition) is 5. The molecule has 4 rings (SSSR count). The number of amides is 2. The third kappa shape index (κ3) is 5.86. The van der Waals surface area contributed by atoms with E-state index in [0.717, 1.165) is 48.3 Å². The Bertz CT molecular complexity index is 1010. The van der Waals surface area contributed by atoms with E-state index in [1.807, 2.05) is 30.0 Å². The minimum absolute atomic E-state index is 0.107. The SMILES string of the molecule is CCN(CC(=O)NCc1ccc(F)cc1)CC(=O)NC1(c2ccc3c(c2)OCCO3)CCCC1. The van der Waals surface area contributed by atoms with Crippen LogP contribution in [-0.2, 0) is 21.7 Å². The Morgan fingerprint density at radius 3 is 2.35 bits per heavy atom. The number of hydrogen-bond donors (Lipinski definition) is 2. The first-order valence-corrected chi connectivity index (χ1v) is 11.9. The Morgan fingerprint density at radius 1 is 0.971 bits per heavy atom. The molecule has 1 heterocycles. The maximum atomic E-state index is 13.1. The molecule has 1 fully saturated rings. The summed E-state index contributed by atoms with van der Waals surface area (Å²) in [6, 6.07) is 11.9. The van der Waals surface area contributed by atoms with Gasteiger partial charge in [0.15, 0.2) is 11.5 Å². The molecule has 2 aromatic carbocycles. The van der Waals surface area contributed by atoms with Crippen LogP contribution in [0.15, 0.2) is 42.5 Å². The summed E-state index contributed by atoms with van der Waals surface area (Å²) in [5.41, 5.74) is 1.41. The summed E-state index contributed by atoms with van der Waals surface area (Å²) >= 11 is 0. The van der Waals surface area contributed by atoms with Gasteiger partial charge in [-0.25, -0.2) is 4.39 Å². The quantitative estimate of drug-likeness (QED) is 0.590. The average molecular weight is 470 g/mol. The molecule has 8 heteroatoms. The third-order valence-electron chi connectivity index (χ3n) is 6.52. The zero-order valence-corrected chi connectivity index (χ0v) is 19.6. The van der Waals surface area contributed by atoms with Gasteiger partial charge in [0.1, 0.15) is 19.0 Å². The van der Waals surface area contributed by atoms with Gasteiger partial charge in [-0.05, 0) is 54.8 Å². The summed E-state index contributed by atoms with van der Waals surface area (Å²) in [5, 5.41) is 6.10. The van der Waals surface area contributed by atoms with Crippen molar-refractivity contribution >= 4 is 11.8 Å². The summed E-state index contributed by atoms with van der Waals surface area (Å²) in [6.45, 7) is 4.11. The van der Waals surface area contributed by atoms with Gasteiger partial charge < -0.3 is 20.1 Å². The third-order valence-corrected chi connectivity index (χ3v) is 6.52. The second-order valence-electron chi connectivity index (χ2n) is 8.90. The van der Waals surface area contributed by atoms with Crippen LogP contribution in [0.5, 0.6) is 11.5 Å². The zero-order valence-electron chi connectivity index (χ0n) is 19.6. The standard InChI is InChI=1S/C26H32FN3O4/c1-2-30(17-24(31)28-16-19-5-8-21(27)9-6-19)18-25(32)29-26(11-3-4-12-26)20-7-10-22-23(15-20)34-14-13-33-22/h5-10,15H,2-4,11-14,16-18H2,1H3,(H,28,31)(H,29,32). The van der Waals surface area contributed by atoms with Gasteiger partial charge in [-0.1, -0.05) is 38.0 Å². The van der Waals surface area contributed by atoms with Crippen molar-refractivity contribution in [2.24, 2.45) is 0 Å². The lowest BCUT2D eigenvalue weighted by Crippen LogP contribution is -2.49. The van der Waals surface area contributed by atoms with Crippen LogP contribution in [0.3, 0.4) is 0 Å². The van der Waals surface area contributed by atoms with Gasteiger partial charge in [0.2, 0.25) is 11.8 Å². The fourth-order valence-corrected chi connectivity index (χ4v) is 4.66. The predicted molar refractivity (Wildman–Crippen MR) is 126 cm³/mol. The highest BCUT2D eigenvalue weighted by atomic mass is 19.1. The number of fused-ring (bicyclic) bond motifs is 1. The van der Waals surface area contributed by atoms with Crippen molar-refractivity contribution in [1.82, 2.24) is 15.5 Å². The number of ether oxygens (including phenoxy) is 2. The lowest BCUT2D eigenvalue weighted by molar-refractivity contribution is -0.126. The van der Waals surface area contributed by atoms with Gasteiger partial charge in [-0.2, -0.15) is 0 Å². The highest BCUT2D eigenvalue weighted by Crippen LogP contribution is 2.42. The normalized spacial score (nSPS) is 16.3. The van der Waals surface area contributed by atoms with Crippen molar-refractivity contribution in [2.75, 3.05) is 32.8 Å². The van der Waals surface area contributed by atoms with Crippen LogP contribution in [0.4, 0.5) is 4.39 Å². The molecule has 0 radical (unpaired) electrons. The Labute approximate surface area is 199 Å². The summed E-state index contributed by atoms with van der Waals surface area (Å²) in [6.07, 6.45) is 3.81. The average Bonchev–Trinajstić information content (AvgIpc) is 3.32. The number of halogens is 1. The van der Waals surface area contributed by atoms with Crippen molar-refractivity contribution in [3.63, 3.8) is 0 Å². The molecular formula is C26H32FN3O4. The van der Waals surface area contributed by atoms with E-state index in [1.165, 1.54) is 12.1 Å². The van der Waals surface area contributed by atoms with E-state index < -0.39 is 5.54 Å². The van der Waals surface area contributed by atoms with Crippen LogP contribution in [0.25, 0.3) is 0 Å². The summed E-state index contributed by atoms with van der Waals surface area (Å²) in [5.74, 6) is 0.858. The maximum absolute atomic E-state index is 13.1. The number of carbonyl (C=O) groups is 2. The lowest BCUT2D eigenvalue weighted by Gasteiger charge is -2.33. The number of likely N-dealkylation sites (N-methyl/N-ethyl adjacent to an activating group) is 1. The van der Waals surface area contributed by atoms with Crippen LogP contribution < -0.4 is 20.1 Å². The van der Waals surface area contributed by atoms with E-state index in [0.29, 0.717) is 26.3 Å². The first-order valence-electron chi connectivity index (χ1n) is 11.9. The summed E-state index contributed by atoms with van der Waals surface area (Å²) < 4.78 is 24.4. The van der Waals surface area contributed by atoms with E-state index >= 15 is 0 Å². The Hall–Kier alpha value is -3.13. The van der Waals surface area contributed by atoms with E-state index in [4.69, 9.17) is 9.47 Å². The highest BCUT2D eigenvalue weighted by molar-refractivity contribution is 5.81. The molecular weight excluding hydrogens is 437 g/mol. The number of nitrogens with one attached hydrogen (secondary N) is 2. The molecule has 0 unspecified atom stereocenters. The molecule has 1 saturated carbocycles. The van der Waals surface area contributed by atoms with Gasteiger partial charge in [0, 0.05) is 6.54 Å². The number of nitrogens with zero attached hydrogens (tertiary/aromatic N) is 1. The molecule has 2 amide bonds. The van der Waals surface area contributed by atoms with Crippen LogP contribution in [0.2, 0.25) is 0 Å². The monoisotopic (exact) mass is 469 g/mol. The van der Waals surface area contributed by atoms with Crippen molar-refractivity contribution in [1.29, 1.82) is 0 Å².